The van der Waals surface area contributed by atoms with Crippen molar-refractivity contribution in [3.05, 3.63) is 0 Å². The molecule has 0 aromatic carbocycles. The molecule has 2 unspecified atom stereocenters. The maximum absolute atomic E-state index is 11.2. The second kappa shape index (κ2) is 4.72. The molecule has 1 aliphatic rings. The van der Waals surface area contributed by atoms with Crippen LogP contribution in [0.2, 0.25) is 0 Å². The molecule has 1 saturated heterocycles. The van der Waals surface area contributed by atoms with Crippen LogP contribution in [0.5, 0.6) is 0 Å². The third-order valence-electron chi connectivity index (χ3n) is 3.03. The number of likely N-dealkylation sites (tertiary alicyclic amines) is 1. The number of Topliss-reactive ketones (excluding diaryl/α,β-unsaturated/α-hetero) is 1. The summed E-state index contributed by atoms with van der Waals surface area (Å²) in [5.41, 5.74) is 5.68. The summed E-state index contributed by atoms with van der Waals surface area (Å²) in [5, 5.41) is 0. The molecule has 0 radical (unpaired) electrons. The Bertz CT molecular complexity index is 182. The minimum Gasteiger partial charge on any atom is -0.329 e. The fourth-order valence-corrected chi connectivity index (χ4v) is 2.02. The molecule has 0 spiro atoms. The van der Waals surface area contributed by atoms with Crippen molar-refractivity contribution in [1.82, 2.24) is 4.90 Å². The summed E-state index contributed by atoms with van der Waals surface area (Å²) < 4.78 is 0. The molecule has 1 heterocycles. The number of nitrogens with two attached hydrogens (primary N) is 1. The number of piperidine rings is 1. The van der Waals surface area contributed by atoms with E-state index in [1.54, 1.807) is 6.92 Å². The topological polar surface area (TPSA) is 46.3 Å². The van der Waals surface area contributed by atoms with E-state index in [-0.39, 0.29) is 11.8 Å². The molecule has 1 fully saturated rings. The zero-order valence-electron chi connectivity index (χ0n) is 8.62. The Balaban J connectivity index is 2.58. The van der Waals surface area contributed by atoms with Crippen molar-refractivity contribution >= 4 is 5.78 Å². The maximum Gasteiger partial charge on any atom is 0.146 e. The van der Waals surface area contributed by atoms with E-state index in [4.69, 9.17) is 5.73 Å². The van der Waals surface area contributed by atoms with E-state index in [1.165, 1.54) is 12.8 Å². The number of ketones is 1. The third kappa shape index (κ3) is 2.51. The number of rotatable bonds is 3. The molecular weight excluding hydrogens is 164 g/mol. The summed E-state index contributed by atoms with van der Waals surface area (Å²) >= 11 is 0. The summed E-state index contributed by atoms with van der Waals surface area (Å²) in [7, 11) is 0. The number of carbonyl (C=O) groups is 1. The quantitative estimate of drug-likeness (QED) is 0.705. The van der Waals surface area contributed by atoms with Crippen LogP contribution in [-0.4, -0.2) is 35.9 Å². The molecule has 2 atom stereocenters. The minimum absolute atomic E-state index is 0.0499. The van der Waals surface area contributed by atoms with Gasteiger partial charge in [-0.25, -0.2) is 0 Å². The SMILES string of the molecule is CC(=O)C(C)N1CCCCC1CN. The van der Waals surface area contributed by atoms with Crippen molar-refractivity contribution in [3.8, 4) is 0 Å². The van der Waals surface area contributed by atoms with E-state index in [2.05, 4.69) is 4.90 Å². The zero-order chi connectivity index (χ0) is 9.84. The predicted octanol–water partition coefficient (Wildman–Crippen LogP) is 0.777. The van der Waals surface area contributed by atoms with Gasteiger partial charge in [0.2, 0.25) is 0 Å². The van der Waals surface area contributed by atoms with Gasteiger partial charge in [0.05, 0.1) is 6.04 Å². The number of hydrogen-bond donors (Lipinski definition) is 1. The van der Waals surface area contributed by atoms with E-state index < -0.39 is 0 Å². The Hall–Kier alpha value is -0.410. The molecule has 0 aromatic rings. The van der Waals surface area contributed by atoms with Crippen molar-refractivity contribution in [2.75, 3.05) is 13.1 Å². The highest BCUT2D eigenvalue weighted by Gasteiger charge is 2.27. The van der Waals surface area contributed by atoms with Gasteiger partial charge in [0.15, 0.2) is 0 Å². The van der Waals surface area contributed by atoms with Gasteiger partial charge in [0.1, 0.15) is 5.78 Å². The highest BCUT2D eigenvalue weighted by atomic mass is 16.1. The van der Waals surface area contributed by atoms with Gasteiger partial charge in [-0.1, -0.05) is 6.42 Å². The van der Waals surface area contributed by atoms with Crippen molar-refractivity contribution in [2.24, 2.45) is 5.73 Å². The molecular formula is C10H20N2O. The lowest BCUT2D eigenvalue weighted by Crippen LogP contribution is -2.50. The van der Waals surface area contributed by atoms with E-state index in [9.17, 15) is 4.79 Å². The molecule has 13 heavy (non-hydrogen) atoms. The monoisotopic (exact) mass is 184 g/mol. The van der Waals surface area contributed by atoms with Gasteiger partial charge in [-0.05, 0) is 33.2 Å². The van der Waals surface area contributed by atoms with Gasteiger partial charge >= 0.3 is 0 Å². The number of nitrogens with zero attached hydrogens (tertiary/aromatic N) is 1. The van der Waals surface area contributed by atoms with Gasteiger partial charge in [-0.15, -0.1) is 0 Å². The van der Waals surface area contributed by atoms with Crippen LogP contribution in [0.25, 0.3) is 0 Å². The van der Waals surface area contributed by atoms with Crippen molar-refractivity contribution in [3.63, 3.8) is 0 Å². The normalized spacial score (nSPS) is 27.2. The summed E-state index contributed by atoms with van der Waals surface area (Å²) in [6.07, 6.45) is 3.60. The van der Waals surface area contributed by atoms with Crippen molar-refractivity contribution < 1.29 is 4.79 Å². The fraction of sp³-hybridized carbons (Fsp3) is 0.900. The van der Waals surface area contributed by atoms with E-state index in [1.807, 2.05) is 6.92 Å². The lowest BCUT2D eigenvalue weighted by molar-refractivity contribution is -0.122. The Morgan fingerprint density at radius 2 is 2.31 bits per heavy atom. The van der Waals surface area contributed by atoms with Gasteiger partial charge in [-0.3, -0.25) is 9.69 Å². The standard InChI is InChI=1S/C10H20N2O/c1-8(9(2)13)12-6-4-3-5-10(12)7-11/h8,10H,3-7,11H2,1-2H3. The second-order valence-corrected chi connectivity index (χ2v) is 3.91. The van der Waals surface area contributed by atoms with Crippen LogP contribution in [0.15, 0.2) is 0 Å². The molecule has 3 nitrogen and oxygen atoms in total. The van der Waals surface area contributed by atoms with Crippen LogP contribution in [0.3, 0.4) is 0 Å². The zero-order valence-corrected chi connectivity index (χ0v) is 8.62. The Morgan fingerprint density at radius 1 is 1.62 bits per heavy atom. The van der Waals surface area contributed by atoms with Gasteiger partial charge < -0.3 is 5.73 Å². The highest BCUT2D eigenvalue weighted by molar-refractivity contribution is 5.81. The van der Waals surface area contributed by atoms with Crippen LogP contribution >= 0.6 is 0 Å². The van der Waals surface area contributed by atoms with Gasteiger partial charge in [0.25, 0.3) is 0 Å². The fourth-order valence-electron chi connectivity index (χ4n) is 2.02. The van der Waals surface area contributed by atoms with Crippen LogP contribution < -0.4 is 5.73 Å². The summed E-state index contributed by atoms with van der Waals surface area (Å²) in [5.74, 6) is 0.250. The van der Waals surface area contributed by atoms with Crippen molar-refractivity contribution in [2.45, 2.75) is 45.2 Å². The molecule has 2 N–H and O–H groups in total. The van der Waals surface area contributed by atoms with E-state index in [0.717, 1.165) is 13.0 Å². The van der Waals surface area contributed by atoms with Crippen LogP contribution in [-0.2, 0) is 4.79 Å². The van der Waals surface area contributed by atoms with Gasteiger partial charge in [0, 0.05) is 12.6 Å². The van der Waals surface area contributed by atoms with Crippen LogP contribution in [0.1, 0.15) is 33.1 Å². The molecule has 0 amide bonds. The third-order valence-corrected chi connectivity index (χ3v) is 3.03. The summed E-state index contributed by atoms with van der Waals surface area (Å²) in [6, 6.07) is 0.474. The molecule has 1 aliphatic heterocycles. The summed E-state index contributed by atoms with van der Waals surface area (Å²) in [6.45, 7) is 5.35. The molecule has 0 aliphatic carbocycles. The first-order valence-corrected chi connectivity index (χ1v) is 5.13. The Morgan fingerprint density at radius 3 is 2.85 bits per heavy atom. The summed E-state index contributed by atoms with van der Waals surface area (Å²) in [4.78, 5) is 13.5. The smallest absolute Gasteiger partial charge is 0.146 e. The first kappa shape index (κ1) is 10.7. The lowest BCUT2D eigenvalue weighted by Gasteiger charge is -2.38. The molecule has 0 aromatic heterocycles. The maximum atomic E-state index is 11.2. The van der Waals surface area contributed by atoms with Gasteiger partial charge in [-0.2, -0.15) is 0 Å². The van der Waals surface area contributed by atoms with E-state index in [0.29, 0.717) is 12.6 Å². The Labute approximate surface area is 80.3 Å². The molecule has 3 heteroatoms. The highest BCUT2D eigenvalue weighted by Crippen LogP contribution is 2.18. The number of carbonyl (C=O) groups excluding carboxylic acids is 1. The average Bonchev–Trinajstić information content (AvgIpc) is 2.16. The Kier molecular flexibility index (Phi) is 3.88. The minimum atomic E-state index is 0.0499. The van der Waals surface area contributed by atoms with Crippen molar-refractivity contribution in [1.29, 1.82) is 0 Å². The average molecular weight is 184 g/mol. The second-order valence-electron chi connectivity index (χ2n) is 3.91. The van der Waals surface area contributed by atoms with Crippen LogP contribution in [0, 0.1) is 0 Å². The first-order valence-electron chi connectivity index (χ1n) is 5.13. The van der Waals surface area contributed by atoms with E-state index >= 15 is 0 Å². The van der Waals surface area contributed by atoms with Crippen LogP contribution in [0.4, 0.5) is 0 Å². The molecule has 0 saturated carbocycles. The molecule has 76 valence electrons. The number of hydrogen-bond acceptors (Lipinski definition) is 3. The molecule has 0 bridgehead atoms. The first-order chi connectivity index (χ1) is 6.16. The predicted molar refractivity (Wildman–Crippen MR) is 53.5 cm³/mol. The molecule has 1 rings (SSSR count). The lowest BCUT2D eigenvalue weighted by atomic mass is 9.99. The largest absolute Gasteiger partial charge is 0.329 e.